The highest BCUT2D eigenvalue weighted by molar-refractivity contribution is 9.10. The molecule has 1 N–H and O–H groups in total. The van der Waals surface area contributed by atoms with Crippen molar-refractivity contribution in [1.82, 2.24) is 5.32 Å². The first-order chi connectivity index (χ1) is 9.70. The van der Waals surface area contributed by atoms with Gasteiger partial charge in [-0.25, -0.2) is 0 Å². The summed E-state index contributed by atoms with van der Waals surface area (Å²) >= 11 is 3.61. The van der Waals surface area contributed by atoms with Crippen LogP contribution in [0, 0.1) is 0 Å². The Kier molecular flexibility index (Phi) is 3.81. The van der Waals surface area contributed by atoms with E-state index in [-0.39, 0.29) is 0 Å². The Hall–Kier alpha value is -1.32. The van der Waals surface area contributed by atoms with Crippen molar-refractivity contribution in [3.8, 4) is 0 Å². The second kappa shape index (κ2) is 5.58. The van der Waals surface area contributed by atoms with E-state index in [1.165, 1.54) is 22.5 Å². The van der Waals surface area contributed by atoms with Crippen LogP contribution in [-0.2, 0) is 13.0 Å². The first-order valence-corrected chi connectivity index (χ1v) is 7.80. The standard InChI is InChI=1S/C17H19BrN2/c1-12-9-13-5-3-4-6-16(13)20(12)17-10-15(18)8-7-14(17)11-19-2/h3-8,10,12,19H,9,11H2,1-2H3. The molecule has 104 valence electrons. The van der Waals surface area contributed by atoms with Crippen LogP contribution in [-0.4, -0.2) is 13.1 Å². The molecule has 1 atom stereocenters. The Bertz CT molecular complexity index is 624. The van der Waals surface area contributed by atoms with Crippen molar-refractivity contribution in [2.24, 2.45) is 0 Å². The Balaban J connectivity index is 2.11. The van der Waals surface area contributed by atoms with Crippen molar-refractivity contribution in [2.45, 2.75) is 25.9 Å². The van der Waals surface area contributed by atoms with E-state index in [4.69, 9.17) is 0 Å². The molecule has 1 aliphatic rings. The largest absolute Gasteiger partial charge is 0.338 e. The summed E-state index contributed by atoms with van der Waals surface area (Å²) in [6.07, 6.45) is 1.11. The third kappa shape index (κ3) is 2.36. The fraction of sp³-hybridized carbons (Fsp3) is 0.294. The molecule has 1 unspecified atom stereocenters. The molecule has 2 aromatic rings. The predicted octanol–water partition coefficient (Wildman–Crippen LogP) is 4.25. The average molecular weight is 331 g/mol. The fourth-order valence-electron chi connectivity index (χ4n) is 3.03. The van der Waals surface area contributed by atoms with Crippen molar-refractivity contribution in [3.63, 3.8) is 0 Å². The lowest BCUT2D eigenvalue weighted by Gasteiger charge is -2.28. The first kappa shape index (κ1) is 13.7. The molecule has 0 radical (unpaired) electrons. The molecule has 1 heterocycles. The van der Waals surface area contributed by atoms with E-state index in [9.17, 15) is 0 Å². The Labute approximate surface area is 128 Å². The van der Waals surface area contributed by atoms with Crippen LogP contribution < -0.4 is 10.2 Å². The molecular formula is C17H19BrN2. The van der Waals surface area contributed by atoms with Crippen molar-refractivity contribution < 1.29 is 0 Å². The first-order valence-electron chi connectivity index (χ1n) is 7.01. The van der Waals surface area contributed by atoms with Gasteiger partial charge in [0.25, 0.3) is 0 Å². The van der Waals surface area contributed by atoms with Crippen molar-refractivity contribution in [1.29, 1.82) is 0 Å². The Morgan fingerprint density at radius 1 is 1.20 bits per heavy atom. The summed E-state index contributed by atoms with van der Waals surface area (Å²) < 4.78 is 1.13. The van der Waals surface area contributed by atoms with Crippen LogP contribution in [0.3, 0.4) is 0 Å². The normalized spacial score (nSPS) is 17.4. The van der Waals surface area contributed by atoms with E-state index in [0.717, 1.165) is 17.4 Å². The molecule has 0 amide bonds. The summed E-state index contributed by atoms with van der Waals surface area (Å²) in [4.78, 5) is 2.47. The summed E-state index contributed by atoms with van der Waals surface area (Å²) in [7, 11) is 1.99. The van der Waals surface area contributed by atoms with Gasteiger partial charge in [-0.1, -0.05) is 40.2 Å². The highest BCUT2D eigenvalue weighted by atomic mass is 79.9. The van der Waals surface area contributed by atoms with Gasteiger partial charge in [-0.15, -0.1) is 0 Å². The monoisotopic (exact) mass is 330 g/mol. The van der Waals surface area contributed by atoms with Gasteiger partial charge in [0, 0.05) is 28.4 Å². The molecular weight excluding hydrogens is 312 g/mol. The summed E-state index contributed by atoms with van der Waals surface area (Å²) in [5, 5.41) is 3.26. The van der Waals surface area contributed by atoms with Crippen LogP contribution in [0.1, 0.15) is 18.1 Å². The van der Waals surface area contributed by atoms with Crippen LogP contribution in [0.2, 0.25) is 0 Å². The molecule has 0 bridgehead atoms. The third-order valence-electron chi connectivity index (χ3n) is 3.88. The lowest BCUT2D eigenvalue weighted by molar-refractivity contribution is 0.746. The second-order valence-corrected chi connectivity index (χ2v) is 6.27. The van der Waals surface area contributed by atoms with Crippen molar-refractivity contribution >= 4 is 27.3 Å². The maximum absolute atomic E-state index is 3.61. The van der Waals surface area contributed by atoms with E-state index in [0.29, 0.717) is 6.04 Å². The number of halogens is 1. The molecule has 3 heteroatoms. The molecule has 20 heavy (non-hydrogen) atoms. The predicted molar refractivity (Wildman–Crippen MR) is 88.7 cm³/mol. The van der Waals surface area contributed by atoms with Gasteiger partial charge in [0.05, 0.1) is 0 Å². The molecule has 0 spiro atoms. The van der Waals surface area contributed by atoms with Gasteiger partial charge < -0.3 is 10.2 Å². The maximum atomic E-state index is 3.61. The van der Waals surface area contributed by atoms with Crippen LogP contribution in [0.4, 0.5) is 11.4 Å². The van der Waals surface area contributed by atoms with Crippen LogP contribution in [0.15, 0.2) is 46.9 Å². The number of para-hydroxylation sites is 1. The molecule has 2 aromatic carbocycles. The van der Waals surface area contributed by atoms with E-state index >= 15 is 0 Å². The summed E-state index contributed by atoms with van der Waals surface area (Å²) in [6.45, 7) is 3.18. The lowest BCUT2D eigenvalue weighted by atomic mass is 10.1. The minimum absolute atomic E-state index is 0.498. The van der Waals surface area contributed by atoms with E-state index in [2.05, 4.69) is 75.5 Å². The Morgan fingerprint density at radius 3 is 2.80 bits per heavy atom. The molecule has 0 fully saturated rings. The highest BCUT2D eigenvalue weighted by Gasteiger charge is 2.28. The average Bonchev–Trinajstić information content (AvgIpc) is 2.77. The number of anilines is 2. The van der Waals surface area contributed by atoms with Crippen LogP contribution in [0.5, 0.6) is 0 Å². The zero-order valence-electron chi connectivity index (χ0n) is 11.9. The zero-order chi connectivity index (χ0) is 14.1. The number of hydrogen-bond acceptors (Lipinski definition) is 2. The summed E-state index contributed by atoms with van der Waals surface area (Å²) in [5.41, 5.74) is 5.41. The molecule has 0 aromatic heterocycles. The zero-order valence-corrected chi connectivity index (χ0v) is 13.4. The van der Waals surface area contributed by atoms with Gasteiger partial charge in [-0.3, -0.25) is 0 Å². The second-order valence-electron chi connectivity index (χ2n) is 5.36. The number of nitrogens with one attached hydrogen (secondary N) is 1. The van der Waals surface area contributed by atoms with E-state index < -0.39 is 0 Å². The Morgan fingerprint density at radius 2 is 2.00 bits per heavy atom. The lowest BCUT2D eigenvalue weighted by Crippen LogP contribution is -2.25. The van der Waals surface area contributed by atoms with Crippen LogP contribution in [0.25, 0.3) is 0 Å². The molecule has 3 rings (SSSR count). The van der Waals surface area contributed by atoms with E-state index in [1.54, 1.807) is 0 Å². The highest BCUT2D eigenvalue weighted by Crippen LogP contribution is 2.40. The molecule has 1 aliphatic heterocycles. The van der Waals surface area contributed by atoms with Crippen molar-refractivity contribution in [2.75, 3.05) is 11.9 Å². The minimum Gasteiger partial charge on any atom is -0.338 e. The minimum atomic E-state index is 0.498. The number of nitrogens with zero attached hydrogens (tertiary/aromatic N) is 1. The summed E-state index contributed by atoms with van der Waals surface area (Å²) in [6, 6.07) is 15.8. The topological polar surface area (TPSA) is 15.3 Å². The maximum Gasteiger partial charge on any atom is 0.0470 e. The van der Waals surface area contributed by atoms with Gasteiger partial charge in [-0.05, 0) is 49.7 Å². The molecule has 2 nitrogen and oxygen atoms in total. The number of benzene rings is 2. The molecule has 0 saturated heterocycles. The number of rotatable bonds is 3. The fourth-order valence-corrected chi connectivity index (χ4v) is 3.38. The number of fused-ring (bicyclic) bond motifs is 1. The summed E-state index contributed by atoms with van der Waals surface area (Å²) in [5.74, 6) is 0. The van der Waals surface area contributed by atoms with Crippen molar-refractivity contribution in [3.05, 3.63) is 58.1 Å². The smallest absolute Gasteiger partial charge is 0.0470 e. The van der Waals surface area contributed by atoms with Gasteiger partial charge in [0.2, 0.25) is 0 Å². The third-order valence-corrected chi connectivity index (χ3v) is 4.37. The van der Waals surface area contributed by atoms with E-state index in [1.807, 2.05) is 7.05 Å². The molecule has 0 saturated carbocycles. The van der Waals surface area contributed by atoms with Gasteiger partial charge in [0.1, 0.15) is 0 Å². The quantitative estimate of drug-likeness (QED) is 0.904. The van der Waals surface area contributed by atoms with Gasteiger partial charge >= 0.3 is 0 Å². The van der Waals surface area contributed by atoms with Crippen LogP contribution >= 0.6 is 15.9 Å². The SMILES string of the molecule is CNCc1ccc(Br)cc1N1c2ccccc2CC1C. The van der Waals surface area contributed by atoms with Gasteiger partial charge in [-0.2, -0.15) is 0 Å². The van der Waals surface area contributed by atoms with Gasteiger partial charge in [0.15, 0.2) is 0 Å². The molecule has 0 aliphatic carbocycles. The number of hydrogen-bond donors (Lipinski definition) is 1.